The van der Waals surface area contributed by atoms with Gasteiger partial charge in [-0.3, -0.25) is 4.99 Å². The first-order valence-electron chi connectivity index (χ1n) is 10.2. The molecule has 0 saturated heterocycles. The number of aryl methyl sites for hydroxylation is 1. The van der Waals surface area contributed by atoms with Crippen LogP contribution in [0, 0.1) is 5.82 Å². The summed E-state index contributed by atoms with van der Waals surface area (Å²) in [4.78, 5) is 9.04. The predicted molar refractivity (Wildman–Crippen MR) is 123 cm³/mol. The van der Waals surface area contributed by atoms with Crippen LogP contribution in [0.4, 0.5) is 4.39 Å². The number of hydrogen-bond acceptors (Lipinski definition) is 3. The van der Waals surface area contributed by atoms with Gasteiger partial charge in [0.2, 0.25) is 0 Å². The van der Waals surface area contributed by atoms with Crippen LogP contribution in [0.15, 0.2) is 29.3 Å². The number of guanidine groups is 1. The average molecular weight is 512 g/mol. The van der Waals surface area contributed by atoms with E-state index in [0.29, 0.717) is 5.92 Å². The predicted octanol–water partition coefficient (Wildman–Crippen LogP) is 3.37. The SMILES string of the molecule is CN=C(NCC1(c2cccc(F)c2)CC1)NC1CCc2nc(C(C)C)nn2C1.I. The van der Waals surface area contributed by atoms with Gasteiger partial charge < -0.3 is 10.6 Å². The molecule has 2 aromatic rings. The third-order valence-electron chi connectivity index (χ3n) is 5.84. The first-order valence-corrected chi connectivity index (χ1v) is 10.2. The number of nitrogens with one attached hydrogen (secondary N) is 2. The zero-order chi connectivity index (χ0) is 19.7. The van der Waals surface area contributed by atoms with Crippen molar-refractivity contribution >= 4 is 29.9 Å². The van der Waals surface area contributed by atoms with E-state index in [9.17, 15) is 4.39 Å². The van der Waals surface area contributed by atoms with Crippen molar-refractivity contribution in [3.63, 3.8) is 0 Å². The smallest absolute Gasteiger partial charge is 0.191 e. The monoisotopic (exact) mass is 512 g/mol. The lowest BCUT2D eigenvalue weighted by molar-refractivity contribution is 0.391. The summed E-state index contributed by atoms with van der Waals surface area (Å²) in [5.41, 5.74) is 1.10. The molecule has 29 heavy (non-hydrogen) atoms. The van der Waals surface area contributed by atoms with E-state index in [0.717, 1.165) is 61.9 Å². The van der Waals surface area contributed by atoms with Crippen LogP contribution in [0.2, 0.25) is 0 Å². The maximum Gasteiger partial charge on any atom is 0.191 e. The molecule has 1 saturated carbocycles. The summed E-state index contributed by atoms with van der Waals surface area (Å²) in [5.74, 6) is 2.96. The number of halogens is 2. The van der Waals surface area contributed by atoms with Crippen LogP contribution in [0.3, 0.4) is 0 Å². The summed E-state index contributed by atoms with van der Waals surface area (Å²) in [6.07, 6.45) is 4.07. The van der Waals surface area contributed by atoms with E-state index in [-0.39, 0.29) is 41.3 Å². The molecule has 1 aliphatic heterocycles. The largest absolute Gasteiger partial charge is 0.356 e. The number of nitrogens with zero attached hydrogens (tertiary/aromatic N) is 4. The lowest BCUT2D eigenvalue weighted by Crippen LogP contribution is -2.48. The third kappa shape index (κ3) is 4.90. The van der Waals surface area contributed by atoms with Gasteiger partial charge in [0.05, 0.1) is 6.54 Å². The van der Waals surface area contributed by atoms with Crippen LogP contribution in [0.1, 0.15) is 56.2 Å². The fourth-order valence-electron chi connectivity index (χ4n) is 3.87. The van der Waals surface area contributed by atoms with Crippen LogP contribution in [-0.4, -0.2) is 40.4 Å². The second-order valence-corrected chi connectivity index (χ2v) is 8.32. The van der Waals surface area contributed by atoms with Crippen molar-refractivity contribution in [2.24, 2.45) is 4.99 Å². The fraction of sp³-hybridized carbons (Fsp3) is 0.571. The highest BCUT2D eigenvalue weighted by Crippen LogP contribution is 2.47. The minimum absolute atomic E-state index is 0. The van der Waals surface area contributed by atoms with Crippen molar-refractivity contribution in [2.75, 3.05) is 13.6 Å². The lowest BCUT2D eigenvalue weighted by atomic mass is 9.96. The highest BCUT2D eigenvalue weighted by Gasteiger charge is 2.44. The Labute approximate surface area is 188 Å². The zero-order valence-electron chi connectivity index (χ0n) is 17.3. The van der Waals surface area contributed by atoms with Gasteiger partial charge in [-0.05, 0) is 37.0 Å². The first kappa shape index (κ1) is 22.0. The van der Waals surface area contributed by atoms with E-state index in [1.165, 1.54) is 6.07 Å². The van der Waals surface area contributed by atoms with Crippen molar-refractivity contribution in [3.8, 4) is 0 Å². The highest BCUT2D eigenvalue weighted by molar-refractivity contribution is 14.0. The number of aliphatic imine (C=N–C) groups is 1. The molecule has 2 N–H and O–H groups in total. The van der Waals surface area contributed by atoms with Crippen LogP contribution >= 0.6 is 24.0 Å². The second-order valence-electron chi connectivity index (χ2n) is 8.32. The molecular weight excluding hydrogens is 482 g/mol. The third-order valence-corrected chi connectivity index (χ3v) is 5.84. The van der Waals surface area contributed by atoms with Crippen LogP contribution < -0.4 is 10.6 Å². The Morgan fingerprint density at radius 3 is 2.83 bits per heavy atom. The Hall–Kier alpha value is -1.71. The van der Waals surface area contributed by atoms with Gasteiger partial charge in [0, 0.05) is 37.4 Å². The zero-order valence-corrected chi connectivity index (χ0v) is 19.6. The van der Waals surface area contributed by atoms with Crippen LogP contribution in [-0.2, 0) is 18.4 Å². The Kier molecular flexibility index (Phi) is 6.80. The summed E-state index contributed by atoms with van der Waals surface area (Å²) in [6, 6.07) is 7.24. The van der Waals surface area contributed by atoms with Gasteiger partial charge in [0.25, 0.3) is 0 Å². The van der Waals surface area contributed by atoms with Crippen molar-refractivity contribution in [1.82, 2.24) is 25.4 Å². The Bertz CT molecular complexity index is 874. The number of fused-ring (bicyclic) bond motifs is 1. The maximum absolute atomic E-state index is 13.6. The molecule has 158 valence electrons. The van der Waals surface area contributed by atoms with Gasteiger partial charge in [-0.25, -0.2) is 14.1 Å². The van der Waals surface area contributed by atoms with Gasteiger partial charge in [-0.2, -0.15) is 5.10 Å². The first-order chi connectivity index (χ1) is 13.5. The van der Waals surface area contributed by atoms with E-state index in [1.54, 1.807) is 19.2 Å². The fourth-order valence-corrected chi connectivity index (χ4v) is 3.87. The van der Waals surface area contributed by atoms with Crippen molar-refractivity contribution < 1.29 is 4.39 Å². The number of benzene rings is 1. The summed E-state index contributed by atoms with van der Waals surface area (Å²) >= 11 is 0. The molecule has 1 unspecified atom stereocenters. The minimum atomic E-state index is -0.169. The molecule has 2 aliphatic rings. The second kappa shape index (κ2) is 8.97. The van der Waals surface area contributed by atoms with Crippen molar-refractivity contribution in [2.45, 2.75) is 63.5 Å². The normalized spacial score (nSPS) is 20.0. The highest BCUT2D eigenvalue weighted by atomic mass is 127. The van der Waals surface area contributed by atoms with Gasteiger partial charge >= 0.3 is 0 Å². The van der Waals surface area contributed by atoms with E-state index in [1.807, 2.05) is 10.7 Å². The molecule has 1 aromatic heterocycles. The molecule has 0 radical (unpaired) electrons. The molecule has 1 aliphatic carbocycles. The van der Waals surface area contributed by atoms with Gasteiger partial charge in [0.1, 0.15) is 11.6 Å². The summed E-state index contributed by atoms with van der Waals surface area (Å²) < 4.78 is 15.6. The molecule has 0 spiro atoms. The molecule has 6 nitrogen and oxygen atoms in total. The van der Waals surface area contributed by atoms with Crippen LogP contribution in [0.5, 0.6) is 0 Å². The van der Waals surface area contributed by atoms with Gasteiger partial charge in [-0.15, -0.1) is 24.0 Å². The van der Waals surface area contributed by atoms with E-state index < -0.39 is 0 Å². The molecule has 1 atom stereocenters. The lowest BCUT2D eigenvalue weighted by Gasteiger charge is -2.26. The van der Waals surface area contributed by atoms with Crippen molar-refractivity contribution in [3.05, 3.63) is 47.3 Å². The van der Waals surface area contributed by atoms with E-state index >= 15 is 0 Å². The Morgan fingerprint density at radius 2 is 2.17 bits per heavy atom. The molecule has 0 amide bonds. The Morgan fingerprint density at radius 1 is 1.38 bits per heavy atom. The Balaban J connectivity index is 0.00000240. The molecule has 4 rings (SSSR count). The number of aromatic nitrogens is 3. The van der Waals surface area contributed by atoms with Crippen LogP contribution in [0.25, 0.3) is 0 Å². The maximum atomic E-state index is 13.6. The minimum Gasteiger partial charge on any atom is -0.356 e. The quantitative estimate of drug-likeness (QED) is 0.367. The molecule has 0 bridgehead atoms. The average Bonchev–Trinajstić information content (AvgIpc) is 3.35. The topological polar surface area (TPSA) is 67.1 Å². The number of rotatable bonds is 5. The van der Waals surface area contributed by atoms with E-state index in [2.05, 4.69) is 39.6 Å². The summed E-state index contributed by atoms with van der Waals surface area (Å²) in [6.45, 7) is 5.80. The molecule has 2 heterocycles. The molecule has 8 heteroatoms. The van der Waals surface area contributed by atoms with Crippen molar-refractivity contribution in [1.29, 1.82) is 0 Å². The van der Waals surface area contributed by atoms with E-state index in [4.69, 9.17) is 0 Å². The summed E-state index contributed by atoms with van der Waals surface area (Å²) in [7, 11) is 1.79. The van der Waals surface area contributed by atoms with Gasteiger partial charge in [-0.1, -0.05) is 26.0 Å². The molecular formula is C21H30FIN6. The van der Waals surface area contributed by atoms with Gasteiger partial charge in [0.15, 0.2) is 11.8 Å². The number of hydrogen-bond donors (Lipinski definition) is 2. The molecule has 1 fully saturated rings. The summed E-state index contributed by atoms with van der Waals surface area (Å²) in [5, 5.41) is 11.6. The molecule has 1 aromatic carbocycles. The standard InChI is InChI=1S/C21H29FN6.HI/c1-14(2)19-26-18-8-7-17(12-28(18)27-19)25-20(23-3)24-13-21(9-10-21)15-5-4-6-16(22)11-15;/h4-6,11,14,17H,7-10,12-13H2,1-3H3,(H2,23,24,25);1H.